The highest BCUT2D eigenvalue weighted by atomic mass is 79.9. The average Bonchev–Trinajstić information content (AvgIpc) is 2.32. The van der Waals surface area contributed by atoms with Crippen molar-refractivity contribution in [2.24, 2.45) is 0 Å². The molecule has 0 radical (unpaired) electrons. The molecule has 0 aliphatic carbocycles. The number of halogens is 1. The fraction of sp³-hybridized carbons (Fsp3) is 0.125. The van der Waals surface area contributed by atoms with E-state index >= 15 is 0 Å². The van der Waals surface area contributed by atoms with E-state index in [-0.39, 0.29) is 5.78 Å². The first kappa shape index (κ1) is 7.37. The van der Waals surface area contributed by atoms with Crippen LogP contribution in [0.3, 0.4) is 0 Å². The standard InChI is InChI=1S/C8H5BrOS/c9-5-1-2-6-7(10)4-11-8(6)3-5/h1-3H,4H2. The van der Waals surface area contributed by atoms with Crippen molar-refractivity contribution < 1.29 is 4.79 Å². The zero-order chi connectivity index (χ0) is 7.84. The van der Waals surface area contributed by atoms with Crippen LogP contribution in [0.15, 0.2) is 27.6 Å². The number of carbonyl (C=O) groups is 1. The average molecular weight is 229 g/mol. The van der Waals surface area contributed by atoms with E-state index in [4.69, 9.17) is 0 Å². The van der Waals surface area contributed by atoms with Crippen molar-refractivity contribution in [2.45, 2.75) is 4.90 Å². The van der Waals surface area contributed by atoms with Gasteiger partial charge in [-0.2, -0.15) is 0 Å². The SMILES string of the molecule is O=C1CSc2cc(Br)ccc21. The van der Waals surface area contributed by atoms with Crippen LogP contribution < -0.4 is 0 Å². The molecule has 11 heavy (non-hydrogen) atoms. The van der Waals surface area contributed by atoms with Gasteiger partial charge in [0, 0.05) is 14.9 Å². The van der Waals surface area contributed by atoms with Crippen molar-refractivity contribution >= 4 is 33.5 Å². The summed E-state index contributed by atoms with van der Waals surface area (Å²) in [5.74, 6) is 0.851. The maximum atomic E-state index is 11.1. The highest BCUT2D eigenvalue weighted by Crippen LogP contribution is 2.32. The van der Waals surface area contributed by atoms with Crippen molar-refractivity contribution in [1.29, 1.82) is 0 Å². The normalized spacial score (nSPS) is 15.2. The summed E-state index contributed by atoms with van der Waals surface area (Å²) in [5.41, 5.74) is 0.873. The summed E-state index contributed by atoms with van der Waals surface area (Å²) >= 11 is 4.97. The third kappa shape index (κ3) is 1.23. The molecule has 56 valence electrons. The van der Waals surface area contributed by atoms with Gasteiger partial charge in [-0.25, -0.2) is 0 Å². The molecule has 1 nitrogen and oxygen atoms in total. The number of fused-ring (bicyclic) bond motifs is 1. The second kappa shape index (κ2) is 2.64. The predicted octanol–water partition coefficient (Wildman–Crippen LogP) is 2.74. The molecule has 0 unspecified atom stereocenters. The summed E-state index contributed by atoms with van der Waals surface area (Å²) in [6, 6.07) is 5.77. The van der Waals surface area contributed by atoms with E-state index in [9.17, 15) is 4.79 Å². The van der Waals surface area contributed by atoms with Crippen LogP contribution in [0.2, 0.25) is 0 Å². The Hall–Kier alpha value is -0.280. The number of hydrogen-bond donors (Lipinski definition) is 0. The molecular weight excluding hydrogens is 224 g/mol. The molecule has 0 spiro atoms. The van der Waals surface area contributed by atoms with Crippen molar-refractivity contribution in [1.82, 2.24) is 0 Å². The first-order valence-corrected chi connectivity index (χ1v) is 5.01. The number of thioether (sulfide) groups is 1. The molecule has 0 bridgehead atoms. The summed E-state index contributed by atoms with van der Waals surface area (Å²) in [6.45, 7) is 0. The fourth-order valence-electron chi connectivity index (χ4n) is 1.07. The molecular formula is C8H5BrOS. The summed E-state index contributed by atoms with van der Waals surface area (Å²) in [5, 5.41) is 0. The lowest BCUT2D eigenvalue weighted by atomic mass is 10.2. The van der Waals surface area contributed by atoms with Crippen LogP contribution in [0.4, 0.5) is 0 Å². The zero-order valence-electron chi connectivity index (χ0n) is 5.63. The minimum absolute atomic E-state index is 0.248. The summed E-state index contributed by atoms with van der Waals surface area (Å²) in [6.07, 6.45) is 0. The number of hydrogen-bond acceptors (Lipinski definition) is 2. The first-order valence-electron chi connectivity index (χ1n) is 3.23. The smallest absolute Gasteiger partial charge is 0.174 e. The van der Waals surface area contributed by atoms with Crippen LogP contribution in [0, 0.1) is 0 Å². The fourth-order valence-corrected chi connectivity index (χ4v) is 2.57. The lowest BCUT2D eigenvalue weighted by Crippen LogP contribution is -1.93. The molecule has 1 aromatic rings. The van der Waals surface area contributed by atoms with Gasteiger partial charge in [0.1, 0.15) is 0 Å². The molecule has 0 saturated carbocycles. The van der Waals surface area contributed by atoms with E-state index in [0.29, 0.717) is 5.75 Å². The summed E-state index contributed by atoms with van der Waals surface area (Å²) in [7, 11) is 0. The minimum Gasteiger partial charge on any atom is -0.293 e. The highest BCUT2D eigenvalue weighted by Gasteiger charge is 2.19. The van der Waals surface area contributed by atoms with Gasteiger partial charge in [-0.1, -0.05) is 15.9 Å². The van der Waals surface area contributed by atoms with Crippen molar-refractivity contribution in [2.75, 3.05) is 5.75 Å². The van der Waals surface area contributed by atoms with Gasteiger partial charge in [0.2, 0.25) is 0 Å². The Morgan fingerprint density at radius 1 is 1.45 bits per heavy atom. The molecule has 0 aromatic heterocycles. The van der Waals surface area contributed by atoms with E-state index < -0.39 is 0 Å². The van der Waals surface area contributed by atoms with Gasteiger partial charge >= 0.3 is 0 Å². The topological polar surface area (TPSA) is 17.1 Å². The Morgan fingerprint density at radius 2 is 2.27 bits per heavy atom. The highest BCUT2D eigenvalue weighted by molar-refractivity contribution is 9.10. The lowest BCUT2D eigenvalue weighted by molar-refractivity contribution is 0.102. The molecule has 1 aromatic carbocycles. The van der Waals surface area contributed by atoms with Gasteiger partial charge < -0.3 is 0 Å². The van der Waals surface area contributed by atoms with Gasteiger partial charge in [-0.3, -0.25) is 4.79 Å². The summed E-state index contributed by atoms with van der Waals surface area (Å²) in [4.78, 5) is 12.2. The largest absolute Gasteiger partial charge is 0.293 e. The number of Topliss-reactive ketones (excluding diaryl/α,β-unsaturated/α-hetero) is 1. The van der Waals surface area contributed by atoms with Gasteiger partial charge in [-0.05, 0) is 18.2 Å². The van der Waals surface area contributed by atoms with Gasteiger partial charge in [-0.15, -0.1) is 11.8 Å². The first-order chi connectivity index (χ1) is 5.27. The minimum atomic E-state index is 0.248. The molecule has 2 rings (SSSR count). The van der Waals surface area contributed by atoms with Crippen molar-refractivity contribution in [3.8, 4) is 0 Å². The van der Waals surface area contributed by atoms with Crippen LogP contribution >= 0.6 is 27.7 Å². The van der Waals surface area contributed by atoms with Gasteiger partial charge in [0.15, 0.2) is 5.78 Å². The van der Waals surface area contributed by atoms with Crippen LogP contribution in [0.5, 0.6) is 0 Å². The van der Waals surface area contributed by atoms with Crippen molar-refractivity contribution in [3.05, 3.63) is 28.2 Å². The van der Waals surface area contributed by atoms with Crippen molar-refractivity contribution in [3.63, 3.8) is 0 Å². The second-order valence-electron chi connectivity index (χ2n) is 2.35. The Labute approximate surface area is 77.3 Å². The molecule has 0 amide bonds. The lowest BCUT2D eigenvalue weighted by Gasteiger charge is -1.94. The monoisotopic (exact) mass is 228 g/mol. The molecule has 0 N–H and O–H groups in total. The Kier molecular flexibility index (Phi) is 1.77. The molecule has 0 fully saturated rings. The maximum Gasteiger partial charge on any atom is 0.174 e. The third-order valence-corrected chi connectivity index (χ3v) is 3.15. The number of rotatable bonds is 0. The van der Waals surface area contributed by atoms with Gasteiger partial charge in [0.25, 0.3) is 0 Å². The second-order valence-corrected chi connectivity index (χ2v) is 4.29. The van der Waals surface area contributed by atoms with Crippen LogP contribution in [-0.4, -0.2) is 11.5 Å². The van der Waals surface area contributed by atoms with E-state index in [1.807, 2.05) is 18.2 Å². The number of benzene rings is 1. The predicted molar refractivity (Wildman–Crippen MR) is 49.2 cm³/mol. The number of ketones is 1. The Bertz CT molecular complexity index is 322. The van der Waals surface area contributed by atoms with E-state index in [2.05, 4.69) is 15.9 Å². The van der Waals surface area contributed by atoms with E-state index in [0.717, 1.165) is 14.9 Å². The quantitative estimate of drug-likeness (QED) is 0.680. The molecule has 0 saturated heterocycles. The zero-order valence-corrected chi connectivity index (χ0v) is 8.04. The molecule has 1 aliphatic heterocycles. The van der Waals surface area contributed by atoms with Crippen LogP contribution in [0.1, 0.15) is 10.4 Å². The van der Waals surface area contributed by atoms with Crippen LogP contribution in [-0.2, 0) is 0 Å². The molecule has 0 atom stereocenters. The summed E-state index contributed by atoms with van der Waals surface area (Å²) < 4.78 is 1.04. The Morgan fingerprint density at radius 3 is 3.09 bits per heavy atom. The Balaban J connectivity index is 2.59. The van der Waals surface area contributed by atoms with Gasteiger partial charge in [0.05, 0.1) is 5.75 Å². The molecule has 1 heterocycles. The van der Waals surface area contributed by atoms with Crippen LogP contribution in [0.25, 0.3) is 0 Å². The molecule has 3 heteroatoms. The van der Waals surface area contributed by atoms with E-state index in [1.54, 1.807) is 11.8 Å². The van der Waals surface area contributed by atoms with E-state index in [1.165, 1.54) is 0 Å². The molecule has 1 aliphatic rings. The number of carbonyl (C=O) groups excluding carboxylic acids is 1. The maximum absolute atomic E-state index is 11.1. The third-order valence-electron chi connectivity index (χ3n) is 1.60.